The second-order valence-electron chi connectivity index (χ2n) is 4.14. The summed E-state index contributed by atoms with van der Waals surface area (Å²) in [4.78, 5) is 12.3. The average molecular weight is 301 g/mol. The van der Waals surface area contributed by atoms with Crippen LogP contribution in [0.3, 0.4) is 0 Å². The Balaban J connectivity index is 0.00000200. The molecule has 2 aromatic rings. The number of hydrogen-bond acceptors (Lipinski definition) is 2. The van der Waals surface area contributed by atoms with Gasteiger partial charge in [0.05, 0.1) is 12.7 Å². The molecule has 0 aromatic heterocycles. The summed E-state index contributed by atoms with van der Waals surface area (Å²) in [6.07, 6.45) is 0. The minimum Gasteiger partial charge on any atom is -1.00 e. The maximum atomic E-state index is 12.3. The zero-order valence-corrected chi connectivity index (χ0v) is 13.5. The van der Waals surface area contributed by atoms with Gasteiger partial charge < -0.3 is 6.16 Å². The molecule has 0 aliphatic carbocycles. The normalized spacial score (nSPS) is 10.3. The van der Waals surface area contributed by atoms with E-state index in [4.69, 9.17) is 16.3 Å². The van der Waals surface area contributed by atoms with E-state index in [1.165, 1.54) is 0 Å². The van der Waals surface area contributed by atoms with E-state index in [0.29, 0.717) is 16.3 Å². The Morgan fingerprint density at radius 1 is 1.25 bits per heavy atom. The van der Waals surface area contributed by atoms with Crippen LogP contribution in [0.2, 0.25) is 5.02 Å². The van der Waals surface area contributed by atoms with Crippen molar-refractivity contribution in [1.82, 2.24) is 0 Å². The SMILES string of the molecule is COc1ccccc1C(=O)Pc1ccc(C)cc1Cl.[H-].[Li+]. The molecule has 0 heterocycles. The van der Waals surface area contributed by atoms with Gasteiger partial charge in [-0.3, -0.25) is 4.79 Å². The summed E-state index contributed by atoms with van der Waals surface area (Å²) in [7, 11) is 1.56. The summed E-state index contributed by atoms with van der Waals surface area (Å²) < 4.78 is 5.20. The van der Waals surface area contributed by atoms with Gasteiger partial charge in [-0.05, 0) is 44.6 Å². The molecule has 0 saturated heterocycles. The molecule has 2 rings (SSSR count). The number of carbonyl (C=O) groups is 1. The van der Waals surface area contributed by atoms with Crippen LogP contribution >= 0.6 is 20.2 Å². The van der Waals surface area contributed by atoms with Gasteiger partial charge in [0.15, 0.2) is 5.52 Å². The second-order valence-corrected chi connectivity index (χ2v) is 5.79. The molecule has 0 aliphatic heterocycles. The number of ether oxygens (including phenoxy) is 1. The van der Waals surface area contributed by atoms with Gasteiger partial charge in [-0.25, -0.2) is 0 Å². The largest absolute Gasteiger partial charge is 1.00 e. The molecule has 0 radical (unpaired) electrons. The molecule has 0 N–H and O–H groups in total. The van der Waals surface area contributed by atoms with Crippen molar-refractivity contribution in [1.29, 1.82) is 0 Å². The molecule has 20 heavy (non-hydrogen) atoms. The van der Waals surface area contributed by atoms with Gasteiger partial charge in [0, 0.05) is 5.02 Å². The molecule has 0 aliphatic rings. The Morgan fingerprint density at radius 3 is 2.60 bits per heavy atom. The first-order chi connectivity index (χ1) is 9.11. The van der Waals surface area contributed by atoms with Crippen LogP contribution in [0.4, 0.5) is 0 Å². The summed E-state index contributed by atoms with van der Waals surface area (Å²) >= 11 is 6.16. The van der Waals surface area contributed by atoms with Gasteiger partial charge in [-0.15, -0.1) is 0 Å². The third-order valence-electron chi connectivity index (χ3n) is 2.72. The van der Waals surface area contributed by atoms with Crippen molar-refractivity contribution in [2.24, 2.45) is 0 Å². The summed E-state index contributed by atoms with van der Waals surface area (Å²) in [5, 5.41) is 1.50. The van der Waals surface area contributed by atoms with E-state index in [0.717, 1.165) is 10.9 Å². The Hall–Kier alpha value is -0.773. The smallest absolute Gasteiger partial charge is 1.00 e. The first-order valence-corrected chi connectivity index (χ1v) is 7.20. The standard InChI is InChI=1S/C15H14ClO2P.Li.H/c1-10-7-8-14(12(16)9-10)19-15(17)11-5-3-4-6-13(11)18-2;;/h3-9,19H,1-2H3;;/q;+1;-1. The summed E-state index contributed by atoms with van der Waals surface area (Å²) in [5.74, 6) is 0.600. The molecule has 0 fully saturated rings. The molecular formula is C15H15ClLiO2P. The Morgan fingerprint density at radius 2 is 1.95 bits per heavy atom. The van der Waals surface area contributed by atoms with E-state index in [1.807, 2.05) is 37.3 Å². The van der Waals surface area contributed by atoms with Crippen LogP contribution in [0.15, 0.2) is 42.5 Å². The van der Waals surface area contributed by atoms with Crippen LogP contribution in [-0.2, 0) is 0 Å². The Bertz CT molecular complexity index is 622. The minimum absolute atomic E-state index is 0. The molecule has 0 amide bonds. The molecule has 0 spiro atoms. The summed E-state index contributed by atoms with van der Waals surface area (Å²) in [6, 6.07) is 13.0. The number of halogens is 1. The van der Waals surface area contributed by atoms with E-state index in [1.54, 1.807) is 19.2 Å². The molecule has 100 valence electrons. The third-order valence-corrected chi connectivity index (χ3v) is 4.40. The van der Waals surface area contributed by atoms with Gasteiger partial charge in [0.2, 0.25) is 0 Å². The van der Waals surface area contributed by atoms with E-state index in [2.05, 4.69) is 0 Å². The molecular weight excluding hydrogens is 286 g/mol. The first kappa shape index (κ1) is 17.3. The van der Waals surface area contributed by atoms with Crippen molar-refractivity contribution in [3.8, 4) is 5.75 Å². The van der Waals surface area contributed by atoms with Crippen molar-refractivity contribution in [2.75, 3.05) is 7.11 Å². The van der Waals surface area contributed by atoms with Crippen molar-refractivity contribution in [2.45, 2.75) is 6.92 Å². The molecule has 0 saturated carbocycles. The molecule has 2 aromatic carbocycles. The maximum absolute atomic E-state index is 12.3. The fourth-order valence-corrected chi connectivity index (χ4v) is 3.06. The van der Waals surface area contributed by atoms with Crippen LogP contribution < -0.4 is 28.9 Å². The number of methoxy groups -OCH3 is 1. The molecule has 5 heteroatoms. The van der Waals surface area contributed by atoms with Gasteiger partial charge in [-0.1, -0.05) is 35.9 Å². The van der Waals surface area contributed by atoms with Crippen LogP contribution in [0, 0.1) is 6.92 Å². The monoisotopic (exact) mass is 300 g/mol. The van der Waals surface area contributed by atoms with Crippen molar-refractivity contribution >= 4 is 31.0 Å². The number of benzene rings is 2. The van der Waals surface area contributed by atoms with Gasteiger partial charge >= 0.3 is 18.9 Å². The fourth-order valence-electron chi connectivity index (χ4n) is 1.74. The molecule has 1 atom stereocenters. The third kappa shape index (κ3) is 4.11. The minimum atomic E-state index is -0.000540. The van der Waals surface area contributed by atoms with Crippen LogP contribution in [0.25, 0.3) is 0 Å². The van der Waals surface area contributed by atoms with Crippen molar-refractivity contribution < 1.29 is 29.8 Å². The number of rotatable bonds is 4. The zero-order chi connectivity index (χ0) is 13.8. The predicted octanol–water partition coefficient (Wildman–Crippen LogP) is 0.918. The van der Waals surface area contributed by atoms with Crippen molar-refractivity contribution in [3.05, 3.63) is 58.6 Å². The van der Waals surface area contributed by atoms with Gasteiger partial charge in [0.1, 0.15) is 5.75 Å². The number of hydrogen-bond donors (Lipinski definition) is 0. The summed E-state index contributed by atoms with van der Waals surface area (Å²) in [5.41, 5.74) is 1.71. The topological polar surface area (TPSA) is 26.3 Å². The Kier molecular flexibility index (Phi) is 6.79. The van der Waals surface area contributed by atoms with Crippen LogP contribution in [0.5, 0.6) is 5.75 Å². The second kappa shape index (κ2) is 7.86. The van der Waals surface area contributed by atoms with E-state index in [-0.39, 0.29) is 34.4 Å². The number of aryl methyl sites for hydroxylation is 1. The Labute approximate surface area is 139 Å². The van der Waals surface area contributed by atoms with E-state index < -0.39 is 0 Å². The molecule has 1 unspecified atom stereocenters. The van der Waals surface area contributed by atoms with E-state index >= 15 is 0 Å². The van der Waals surface area contributed by atoms with Gasteiger partial charge in [-0.2, -0.15) is 0 Å². The quantitative estimate of drug-likeness (QED) is 0.620. The number of para-hydroxylation sites is 1. The predicted molar refractivity (Wildman–Crippen MR) is 82.6 cm³/mol. The zero-order valence-electron chi connectivity index (χ0n) is 12.7. The average Bonchev–Trinajstić information content (AvgIpc) is 2.41. The van der Waals surface area contributed by atoms with Gasteiger partial charge in [0.25, 0.3) is 0 Å². The molecule has 2 nitrogen and oxygen atoms in total. The maximum Gasteiger partial charge on any atom is 1.00 e. The molecule has 0 bridgehead atoms. The summed E-state index contributed by atoms with van der Waals surface area (Å²) in [6.45, 7) is 1.97. The van der Waals surface area contributed by atoms with Crippen LogP contribution in [-0.4, -0.2) is 12.6 Å². The first-order valence-electron chi connectivity index (χ1n) is 5.82. The van der Waals surface area contributed by atoms with E-state index in [9.17, 15) is 4.79 Å². The van der Waals surface area contributed by atoms with Crippen molar-refractivity contribution in [3.63, 3.8) is 0 Å². The fraction of sp³-hybridized carbons (Fsp3) is 0.133. The number of carbonyl (C=O) groups excluding carboxylic acids is 1. The van der Waals surface area contributed by atoms with Crippen LogP contribution in [0.1, 0.15) is 17.3 Å².